The number of rotatable bonds is 5. The number of carbonyl (C=O) groups excluding carboxylic acids is 1. The second kappa shape index (κ2) is 6.04. The average molecular weight is 293 g/mol. The summed E-state index contributed by atoms with van der Waals surface area (Å²) in [4.78, 5) is 30.0. The Bertz CT molecular complexity index is 563. The highest BCUT2D eigenvalue weighted by molar-refractivity contribution is 5.98. The van der Waals surface area contributed by atoms with Crippen molar-refractivity contribution in [1.29, 1.82) is 0 Å². The Balaban J connectivity index is 2.28. The van der Waals surface area contributed by atoms with Crippen LogP contribution in [0.2, 0.25) is 0 Å². The maximum Gasteiger partial charge on any atom is 0.288 e. The van der Waals surface area contributed by atoms with Gasteiger partial charge in [-0.15, -0.1) is 0 Å². The summed E-state index contributed by atoms with van der Waals surface area (Å²) in [6, 6.07) is 1.58. The monoisotopic (exact) mass is 293 g/mol. The van der Waals surface area contributed by atoms with Gasteiger partial charge >= 0.3 is 0 Å². The lowest BCUT2D eigenvalue weighted by Crippen LogP contribution is -2.35. The number of nitro groups is 1. The van der Waals surface area contributed by atoms with E-state index in [2.05, 4.69) is 16.8 Å². The van der Waals surface area contributed by atoms with Gasteiger partial charge in [0.15, 0.2) is 0 Å². The quantitative estimate of drug-likeness (QED) is 0.630. The minimum Gasteiger partial charge on any atom is -0.365 e. The van der Waals surface area contributed by atoms with Crippen LogP contribution in [-0.2, 0) is 0 Å². The van der Waals surface area contributed by atoms with Gasteiger partial charge in [-0.1, -0.05) is 6.92 Å². The minimum atomic E-state index is -0.700. The lowest BCUT2D eigenvalue weighted by Gasteiger charge is -2.24. The molecule has 0 radical (unpaired) electrons. The van der Waals surface area contributed by atoms with Crippen LogP contribution < -0.4 is 10.6 Å². The molecule has 2 N–H and O–H groups in total. The third-order valence-corrected chi connectivity index (χ3v) is 3.91. The fraction of sp³-hybridized carbons (Fsp3) is 0.538. The van der Waals surface area contributed by atoms with Crippen molar-refractivity contribution in [2.45, 2.75) is 19.4 Å². The number of amides is 1. The molecule has 1 saturated heterocycles. The molecule has 8 heteroatoms. The molecule has 2 heterocycles. The van der Waals surface area contributed by atoms with Gasteiger partial charge in [-0.25, -0.2) is 4.98 Å². The lowest BCUT2D eigenvalue weighted by atomic mass is 10.2. The van der Waals surface area contributed by atoms with Crippen molar-refractivity contribution in [2.24, 2.45) is 5.73 Å². The molecule has 1 unspecified atom stereocenters. The molecule has 1 atom stereocenters. The Morgan fingerprint density at radius 3 is 2.95 bits per heavy atom. The van der Waals surface area contributed by atoms with Crippen LogP contribution in [0.4, 0.5) is 11.5 Å². The first-order valence-corrected chi connectivity index (χ1v) is 6.83. The van der Waals surface area contributed by atoms with E-state index in [4.69, 9.17) is 5.73 Å². The summed E-state index contributed by atoms with van der Waals surface area (Å²) in [6.45, 7) is 4.51. The van der Waals surface area contributed by atoms with Crippen molar-refractivity contribution in [1.82, 2.24) is 9.88 Å². The van der Waals surface area contributed by atoms with E-state index in [9.17, 15) is 14.9 Å². The maximum absolute atomic E-state index is 11.5. The zero-order valence-electron chi connectivity index (χ0n) is 12.2. The smallest absolute Gasteiger partial charge is 0.288 e. The number of nitrogens with two attached hydrogens (primary N) is 1. The molecule has 0 spiro atoms. The Kier molecular flexibility index (Phi) is 4.37. The van der Waals surface area contributed by atoms with E-state index in [1.807, 2.05) is 11.9 Å². The maximum atomic E-state index is 11.5. The molecule has 1 aliphatic heterocycles. The van der Waals surface area contributed by atoms with Crippen LogP contribution in [0.15, 0.2) is 12.3 Å². The van der Waals surface area contributed by atoms with Crippen molar-refractivity contribution < 1.29 is 9.72 Å². The number of hydrogen-bond donors (Lipinski definition) is 1. The number of aromatic nitrogens is 1. The van der Waals surface area contributed by atoms with Gasteiger partial charge in [0.2, 0.25) is 0 Å². The summed E-state index contributed by atoms with van der Waals surface area (Å²) in [7, 11) is 2.05. The van der Waals surface area contributed by atoms with Gasteiger partial charge in [0.25, 0.3) is 11.6 Å². The van der Waals surface area contributed by atoms with Gasteiger partial charge in [0.05, 0.1) is 10.5 Å². The van der Waals surface area contributed by atoms with E-state index < -0.39 is 10.8 Å². The second-order valence-corrected chi connectivity index (χ2v) is 5.15. The number of primary amides is 1. The number of likely N-dealkylation sites (N-methyl/N-ethyl adjacent to an activating group) is 1. The Morgan fingerprint density at radius 2 is 2.38 bits per heavy atom. The Hall–Kier alpha value is -2.22. The SMILES string of the molecule is CCN(C)C1CCN(c2ncc([N+](=O)[O-])cc2C(N)=O)C1. The van der Waals surface area contributed by atoms with Crippen molar-refractivity contribution in [3.05, 3.63) is 27.9 Å². The summed E-state index contributed by atoms with van der Waals surface area (Å²) < 4.78 is 0. The number of nitrogens with zero attached hydrogens (tertiary/aromatic N) is 4. The van der Waals surface area contributed by atoms with Crippen molar-refractivity contribution in [3.8, 4) is 0 Å². The summed E-state index contributed by atoms with van der Waals surface area (Å²) >= 11 is 0. The van der Waals surface area contributed by atoms with E-state index >= 15 is 0 Å². The van der Waals surface area contributed by atoms with Crippen molar-refractivity contribution in [2.75, 3.05) is 31.6 Å². The minimum absolute atomic E-state index is 0.101. The standard InChI is InChI=1S/C13H19N5O3/c1-3-16(2)9-4-5-17(8-9)13-11(12(14)19)6-10(7-15-13)18(20)21/h6-7,9H,3-5,8H2,1-2H3,(H2,14,19). The zero-order valence-corrected chi connectivity index (χ0v) is 12.2. The van der Waals surface area contributed by atoms with Crippen LogP contribution in [-0.4, -0.2) is 53.4 Å². The molecule has 1 fully saturated rings. The molecule has 0 saturated carbocycles. The summed E-state index contributed by atoms with van der Waals surface area (Å²) in [5, 5.41) is 10.8. The fourth-order valence-electron chi connectivity index (χ4n) is 2.53. The normalized spacial score (nSPS) is 18.2. The molecule has 1 aliphatic rings. The van der Waals surface area contributed by atoms with E-state index in [0.29, 0.717) is 11.9 Å². The van der Waals surface area contributed by atoms with Gasteiger partial charge in [0.1, 0.15) is 12.0 Å². The van der Waals surface area contributed by atoms with Crippen molar-refractivity contribution in [3.63, 3.8) is 0 Å². The predicted octanol–water partition coefficient (Wildman–Crippen LogP) is 0.619. The largest absolute Gasteiger partial charge is 0.365 e. The highest BCUT2D eigenvalue weighted by atomic mass is 16.6. The molecule has 21 heavy (non-hydrogen) atoms. The third kappa shape index (κ3) is 3.10. The van der Waals surface area contributed by atoms with Gasteiger partial charge < -0.3 is 15.5 Å². The zero-order chi connectivity index (χ0) is 15.6. The highest BCUT2D eigenvalue weighted by Gasteiger charge is 2.29. The molecule has 2 rings (SSSR count). The topological polar surface area (TPSA) is 106 Å². The Morgan fingerprint density at radius 1 is 1.67 bits per heavy atom. The number of anilines is 1. The third-order valence-electron chi connectivity index (χ3n) is 3.91. The van der Waals surface area contributed by atoms with Crippen LogP contribution in [0.3, 0.4) is 0 Å². The van der Waals surface area contributed by atoms with E-state index in [-0.39, 0.29) is 11.3 Å². The fourth-order valence-corrected chi connectivity index (χ4v) is 2.53. The first-order chi connectivity index (χ1) is 9.93. The number of carbonyl (C=O) groups is 1. The van der Waals surface area contributed by atoms with Gasteiger partial charge in [-0.05, 0) is 20.0 Å². The molecule has 8 nitrogen and oxygen atoms in total. The second-order valence-electron chi connectivity index (χ2n) is 5.15. The molecule has 1 amide bonds. The molecule has 1 aromatic rings. The molecule has 1 aromatic heterocycles. The van der Waals surface area contributed by atoms with Gasteiger partial charge in [-0.3, -0.25) is 14.9 Å². The first-order valence-electron chi connectivity index (χ1n) is 6.83. The van der Waals surface area contributed by atoms with E-state index in [1.54, 1.807) is 0 Å². The lowest BCUT2D eigenvalue weighted by molar-refractivity contribution is -0.385. The first kappa shape index (κ1) is 15.2. The van der Waals surface area contributed by atoms with Crippen molar-refractivity contribution >= 4 is 17.4 Å². The predicted molar refractivity (Wildman–Crippen MR) is 78.3 cm³/mol. The number of hydrogen-bond acceptors (Lipinski definition) is 6. The molecule has 0 bridgehead atoms. The van der Waals surface area contributed by atoms with E-state index in [1.165, 1.54) is 12.3 Å². The molecule has 0 aliphatic carbocycles. The Labute approximate surface area is 122 Å². The molecular formula is C13H19N5O3. The van der Waals surface area contributed by atoms with Crippen LogP contribution in [0, 0.1) is 10.1 Å². The summed E-state index contributed by atoms with van der Waals surface area (Å²) in [5.74, 6) is -0.270. The molecule has 0 aromatic carbocycles. The molecular weight excluding hydrogens is 274 g/mol. The summed E-state index contributed by atoms with van der Waals surface area (Å²) in [6.07, 6.45) is 2.12. The average Bonchev–Trinajstić information content (AvgIpc) is 2.95. The summed E-state index contributed by atoms with van der Waals surface area (Å²) in [5.41, 5.74) is 5.21. The van der Waals surface area contributed by atoms with E-state index in [0.717, 1.165) is 26.1 Å². The van der Waals surface area contributed by atoms with Gasteiger partial charge in [0, 0.05) is 25.2 Å². The van der Waals surface area contributed by atoms with Crippen LogP contribution >= 0.6 is 0 Å². The highest BCUT2D eigenvalue weighted by Crippen LogP contribution is 2.26. The van der Waals surface area contributed by atoms with Crippen LogP contribution in [0.25, 0.3) is 0 Å². The van der Waals surface area contributed by atoms with Crippen LogP contribution in [0.5, 0.6) is 0 Å². The van der Waals surface area contributed by atoms with Gasteiger partial charge in [-0.2, -0.15) is 0 Å². The number of pyridine rings is 1. The molecule has 114 valence electrons. The van der Waals surface area contributed by atoms with Crippen LogP contribution in [0.1, 0.15) is 23.7 Å².